The van der Waals surface area contributed by atoms with Crippen LogP contribution in [0.25, 0.3) is 95.0 Å². The fraction of sp³-hybridized carbons (Fsp3) is 0.0282. The van der Waals surface area contributed by atoms with Crippen LogP contribution in [0.2, 0.25) is 0 Å². The number of benzene rings is 11. The van der Waals surface area contributed by atoms with Crippen molar-refractivity contribution in [3.8, 4) is 73.2 Å². The molecule has 11 aromatic carbocycles. The van der Waals surface area contributed by atoms with Crippen molar-refractivity contribution in [1.82, 2.24) is 19.5 Å². The summed E-state index contributed by atoms with van der Waals surface area (Å²) in [6.45, 7) is 4.28. The summed E-state index contributed by atoms with van der Waals surface area (Å²) in [5, 5.41) is 7.60. The van der Waals surface area contributed by atoms with Gasteiger partial charge in [0.2, 0.25) is 0 Å². The fourth-order valence-corrected chi connectivity index (χ4v) is 16.0. The van der Waals surface area contributed by atoms with E-state index >= 15 is 0 Å². The van der Waals surface area contributed by atoms with Crippen LogP contribution in [0.5, 0.6) is 0 Å². The minimum atomic E-state index is -2.94. The SMILES string of the molecule is Cc1ccc(-c2ccc3c4ccc(-c5ccc(C)cc5)cc4n(-c4ccc(-c5nc(-c6ccccc6)nc(-c6ccccc6)n5)c(-c5cccc([Si](c6ccccc6)(c6ccccc6)c6ccccc6)c5)c4)c3c2)cc1. The van der Waals surface area contributed by atoms with Gasteiger partial charge in [-0.25, -0.2) is 15.0 Å². The highest BCUT2D eigenvalue weighted by Gasteiger charge is 2.41. The van der Waals surface area contributed by atoms with Crippen molar-refractivity contribution >= 4 is 50.6 Å². The molecule has 0 amide bonds. The molecular weight excluding hydrogens is 937 g/mol. The number of fused-ring (bicyclic) bond motifs is 3. The molecule has 0 unspecified atom stereocenters. The van der Waals surface area contributed by atoms with Crippen LogP contribution in [0, 0.1) is 13.8 Å². The zero-order chi connectivity index (χ0) is 51.0. The highest BCUT2D eigenvalue weighted by molar-refractivity contribution is 7.19. The van der Waals surface area contributed by atoms with Crippen molar-refractivity contribution in [3.05, 3.63) is 290 Å². The monoisotopic (exact) mass is 988 g/mol. The zero-order valence-corrected chi connectivity index (χ0v) is 43.3. The van der Waals surface area contributed by atoms with E-state index in [-0.39, 0.29) is 0 Å². The Hall–Kier alpha value is -9.55. The van der Waals surface area contributed by atoms with E-state index in [9.17, 15) is 0 Å². The summed E-state index contributed by atoms with van der Waals surface area (Å²) in [5.41, 5.74) is 15.3. The standard InChI is InChI=1S/C71H52N4Si/c1-49-31-35-51(36-32-49)55-39-42-63-64-43-40-56(52-37-33-50(2)34-38-52)47-68(64)75(67(63)46-55)58-41-44-65(71-73-69(53-19-8-3-9-20-53)72-70(74-71)54-21-10-4-11-22-54)66(48-58)57-23-18-30-62(45-57)76(59-24-12-5-13-25-59,60-26-14-6-15-27-60)61-28-16-7-17-29-61/h3-48H,1-2H3. The minimum Gasteiger partial charge on any atom is -0.309 e. The molecule has 0 saturated carbocycles. The molecule has 0 N–H and O–H groups in total. The number of rotatable bonds is 11. The van der Waals surface area contributed by atoms with Crippen molar-refractivity contribution in [2.24, 2.45) is 0 Å². The maximum Gasteiger partial charge on any atom is 0.179 e. The van der Waals surface area contributed by atoms with Crippen LogP contribution in [-0.2, 0) is 0 Å². The number of nitrogens with zero attached hydrogens (tertiary/aromatic N) is 4. The summed E-state index contributed by atoms with van der Waals surface area (Å²) >= 11 is 0. The molecule has 2 heterocycles. The number of aryl methyl sites for hydroxylation is 2. The van der Waals surface area contributed by atoms with E-state index in [0.717, 1.165) is 55.7 Å². The van der Waals surface area contributed by atoms with Gasteiger partial charge in [0.25, 0.3) is 0 Å². The lowest BCUT2D eigenvalue weighted by atomic mass is 9.97. The van der Waals surface area contributed by atoms with Gasteiger partial charge < -0.3 is 4.57 Å². The van der Waals surface area contributed by atoms with E-state index in [1.54, 1.807) is 0 Å². The predicted molar refractivity (Wildman–Crippen MR) is 320 cm³/mol. The van der Waals surface area contributed by atoms with E-state index in [2.05, 4.69) is 261 Å². The number of hydrogen-bond acceptors (Lipinski definition) is 3. The molecule has 5 heteroatoms. The molecular formula is C71H52N4Si. The van der Waals surface area contributed by atoms with E-state index in [1.165, 1.54) is 53.8 Å². The van der Waals surface area contributed by atoms with Crippen molar-refractivity contribution in [2.45, 2.75) is 13.8 Å². The van der Waals surface area contributed by atoms with Gasteiger partial charge in [-0.15, -0.1) is 0 Å². The first kappa shape index (κ1) is 46.2. The van der Waals surface area contributed by atoms with E-state index in [0.29, 0.717) is 17.5 Å². The van der Waals surface area contributed by atoms with Crippen molar-refractivity contribution in [1.29, 1.82) is 0 Å². The fourth-order valence-electron chi connectivity index (χ4n) is 11.2. The highest BCUT2D eigenvalue weighted by Crippen LogP contribution is 2.40. The van der Waals surface area contributed by atoms with Gasteiger partial charge >= 0.3 is 0 Å². The van der Waals surface area contributed by atoms with E-state index in [1.807, 2.05) is 36.4 Å². The van der Waals surface area contributed by atoms with E-state index in [4.69, 9.17) is 15.0 Å². The van der Waals surface area contributed by atoms with Gasteiger partial charge in [-0.3, -0.25) is 0 Å². The van der Waals surface area contributed by atoms with Gasteiger partial charge in [0.05, 0.1) is 11.0 Å². The van der Waals surface area contributed by atoms with Crippen LogP contribution >= 0.6 is 0 Å². The maximum absolute atomic E-state index is 5.37. The van der Waals surface area contributed by atoms with Crippen molar-refractivity contribution in [2.75, 3.05) is 0 Å². The third-order valence-electron chi connectivity index (χ3n) is 15.0. The summed E-state index contributed by atoms with van der Waals surface area (Å²) < 4.78 is 2.46. The molecule has 0 aliphatic carbocycles. The first-order valence-corrected chi connectivity index (χ1v) is 28.0. The molecule has 4 nitrogen and oxygen atoms in total. The molecule has 0 spiro atoms. The second-order valence-corrected chi connectivity index (χ2v) is 23.5. The maximum atomic E-state index is 5.37. The Bertz CT molecular complexity index is 3940. The normalized spacial score (nSPS) is 11.6. The third-order valence-corrected chi connectivity index (χ3v) is 19.7. The molecule has 76 heavy (non-hydrogen) atoms. The minimum absolute atomic E-state index is 0.600. The largest absolute Gasteiger partial charge is 0.309 e. The Kier molecular flexibility index (Phi) is 12.0. The molecule has 360 valence electrons. The lowest BCUT2D eigenvalue weighted by Crippen LogP contribution is -2.74. The Labute approximate surface area is 445 Å². The van der Waals surface area contributed by atoms with Crippen LogP contribution in [0.4, 0.5) is 0 Å². The van der Waals surface area contributed by atoms with Gasteiger partial charge in [-0.05, 0) is 98.3 Å². The van der Waals surface area contributed by atoms with Crippen LogP contribution in [0.3, 0.4) is 0 Å². The molecule has 0 aliphatic heterocycles. The lowest BCUT2D eigenvalue weighted by Gasteiger charge is -2.34. The van der Waals surface area contributed by atoms with Crippen LogP contribution in [-0.4, -0.2) is 27.6 Å². The van der Waals surface area contributed by atoms with Gasteiger partial charge in [0, 0.05) is 33.2 Å². The smallest absolute Gasteiger partial charge is 0.179 e. The first-order chi connectivity index (χ1) is 37.5. The summed E-state index contributed by atoms with van der Waals surface area (Å²) in [4.78, 5) is 15.9. The third kappa shape index (κ3) is 8.43. The Morgan fingerprint density at radius 2 is 0.671 bits per heavy atom. The number of aromatic nitrogens is 4. The van der Waals surface area contributed by atoms with E-state index < -0.39 is 8.07 Å². The first-order valence-electron chi connectivity index (χ1n) is 26.0. The average Bonchev–Trinajstić information content (AvgIpc) is 3.83. The molecule has 0 bridgehead atoms. The Morgan fingerprint density at radius 1 is 0.276 bits per heavy atom. The van der Waals surface area contributed by atoms with Gasteiger partial charge in [-0.2, -0.15) is 0 Å². The molecule has 13 rings (SSSR count). The molecule has 0 aliphatic rings. The highest BCUT2D eigenvalue weighted by atomic mass is 28.3. The quantitative estimate of drug-likeness (QED) is 0.0958. The molecule has 0 radical (unpaired) electrons. The van der Waals surface area contributed by atoms with Crippen LogP contribution in [0.1, 0.15) is 11.1 Å². The van der Waals surface area contributed by atoms with Crippen LogP contribution < -0.4 is 20.7 Å². The molecule has 2 aromatic heterocycles. The Balaban J connectivity index is 1.11. The number of hydrogen-bond donors (Lipinski definition) is 0. The zero-order valence-electron chi connectivity index (χ0n) is 42.3. The van der Waals surface area contributed by atoms with Crippen molar-refractivity contribution < 1.29 is 0 Å². The topological polar surface area (TPSA) is 43.6 Å². The summed E-state index contributed by atoms with van der Waals surface area (Å²) in [7, 11) is -2.94. The van der Waals surface area contributed by atoms with Crippen LogP contribution in [0.15, 0.2) is 279 Å². The average molecular weight is 989 g/mol. The van der Waals surface area contributed by atoms with Crippen molar-refractivity contribution in [3.63, 3.8) is 0 Å². The summed E-state index contributed by atoms with van der Waals surface area (Å²) in [6, 6.07) is 102. The molecule has 0 atom stereocenters. The Morgan fingerprint density at radius 3 is 1.13 bits per heavy atom. The predicted octanol–water partition coefficient (Wildman–Crippen LogP) is 15.0. The molecule has 0 fully saturated rings. The molecule has 13 aromatic rings. The second-order valence-electron chi connectivity index (χ2n) is 19.7. The summed E-state index contributed by atoms with van der Waals surface area (Å²) in [6.07, 6.45) is 0. The summed E-state index contributed by atoms with van der Waals surface area (Å²) in [5.74, 6) is 1.83. The van der Waals surface area contributed by atoms with Gasteiger partial charge in [0.1, 0.15) is 0 Å². The molecule has 0 saturated heterocycles. The van der Waals surface area contributed by atoms with Gasteiger partial charge in [-0.1, -0.05) is 260 Å². The van der Waals surface area contributed by atoms with Gasteiger partial charge in [0.15, 0.2) is 25.5 Å². The lowest BCUT2D eigenvalue weighted by molar-refractivity contribution is 1.07. The second kappa shape index (κ2) is 19.7.